The lowest BCUT2D eigenvalue weighted by atomic mass is 10.1. The fourth-order valence-electron chi connectivity index (χ4n) is 3.38. The van der Waals surface area contributed by atoms with Crippen molar-refractivity contribution in [1.29, 1.82) is 0 Å². The number of ether oxygens (including phenoxy) is 1. The van der Waals surface area contributed by atoms with Gasteiger partial charge >= 0.3 is 0 Å². The summed E-state index contributed by atoms with van der Waals surface area (Å²) in [6, 6.07) is -0.0424. The van der Waals surface area contributed by atoms with Crippen LogP contribution in [0.4, 0.5) is 0 Å². The van der Waals surface area contributed by atoms with Crippen LogP contribution in [0.5, 0.6) is 0 Å². The van der Waals surface area contributed by atoms with Crippen LogP contribution in [0.1, 0.15) is 44.9 Å². The van der Waals surface area contributed by atoms with Gasteiger partial charge in [0.1, 0.15) is 0 Å². The lowest BCUT2D eigenvalue weighted by Gasteiger charge is -2.24. The molecule has 2 aliphatic heterocycles. The monoisotopic (exact) mass is 325 g/mol. The lowest BCUT2D eigenvalue weighted by molar-refractivity contribution is -0.128. The van der Waals surface area contributed by atoms with Crippen molar-refractivity contribution in [3.8, 4) is 0 Å². The molecule has 2 amide bonds. The summed E-state index contributed by atoms with van der Waals surface area (Å²) in [6.07, 6.45) is 7.40. The van der Waals surface area contributed by atoms with Crippen molar-refractivity contribution in [3.05, 3.63) is 0 Å². The van der Waals surface area contributed by atoms with Crippen LogP contribution >= 0.6 is 0 Å². The first-order valence-electron chi connectivity index (χ1n) is 8.97. The highest BCUT2D eigenvalue weighted by atomic mass is 16.5. The van der Waals surface area contributed by atoms with Crippen molar-refractivity contribution >= 4 is 11.8 Å². The van der Waals surface area contributed by atoms with Crippen molar-refractivity contribution in [1.82, 2.24) is 15.1 Å². The second-order valence-corrected chi connectivity index (χ2v) is 6.66. The largest absolute Gasteiger partial charge is 0.383 e. The molecule has 0 aromatic carbocycles. The Morgan fingerprint density at radius 1 is 1.17 bits per heavy atom. The topological polar surface area (TPSA) is 61.9 Å². The van der Waals surface area contributed by atoms with Gasteiger partial charge in [0.05, 0.1) is 12.6 Å². The number of methoxy groups -OCH3 is 1. The molecule has 1 N–H and O–H groups in total. The lowest BCUT2D eigenvalue weighted by Crippen LogP contribution is -2.39. The van der Waals surface area contributed by atoms with Crippen molar-refractivity contribution in [2.45, 2.75) is 51.0 Å². The summed E-state index contributed by atoms with van der Waals surface area (Å²) in [5, 5.41) is 3.01. The molecule has 0 aliphatic carbocycles. The van der Waals surface area contributed by atoms with Gasteiger partial charge < -0.3 is 19.9 Å². The first kappa shape index (κ1) is 18.2. The number of likely N-dealkylation sites (tertiary alicyclic amines) is 2. The molecule has 132 valence electrons. The Kier molecular flexibility index (Phi) is 7.82. The molecule has 2 aliphatic rings. The average Bonchev–Trinajstić information content (AvgIpc) is 2.83. The molecule has 0 saturated carbocycles. The Labute approximate surface area is 139 Å². The van der Waals surface area contributed by atoms with E-state index >= 15 is 0 Å². The molecule has 2 fully saturated rings. The number of nitrogens with one attached hydrogen (secondary N) is 1. The molecule has 6 heteroatoms. The maximum Gasteiger partial charge on any atom is 0.224 e. The van der Waals surface area contributed by atoms with E-state index in [0.717, 1.165) is 19.6 Å². The predicted octanol–water partition coefficient (Wildman–Crippen LogP) is 1.01. The number of hydrogen-bond acceptors (Lipinski definition) is 4. The fourth-order valence-corrected chi connectivity index (χ4v) is 3.38. The molecule has 0 bridgehead atoms. The minimum atomic E-state index is -0.0424. The zero-order chi connectivity index (χ0) is 16.5. The van der Waals surface area contributed by atoms with E-state index in [-0.39, 0.29) is 17.9 Å². The number of carbonyl (C=O) groups is 2. The minimum Gasteiger partial charge on any atom is -0.383 e. The van der Waals surface area contributed by atoms with E-state index in [0.29, 0.717) is 32.5 Å². The SMILES string of the molecule is COCCN1C[C@H](NC(=O)CCN2CCCCCCC2)CC1=O. The number of hydrogen-bond donors (Lipinski definition) is 1. The summed E-state index contributed by atoms with van der Waals surface area (Å²) in [5.74, 6) is 0.176. The summed E-state index contributed by atoms with van der Waals surface area (Å²) < 4.78 is 5.01. The summed E-state index contributed by atoms with van der Waals surface area (Å²) in [6.45, 7) is 4.81. The summed E-state index contributed by atoms with van der Waals surface area (Å²) >= 11 is 0. The van der Waals surface area contributed by atoms with E-state index in [9.17, 15) is 9.59 Å². The van der Waals surface area contributed by atoms with Crippen LogP contribution < -0.4 is 5.32 Å². The Hall–Kier alpha value is -1.14. The molecule has 0 spiro atoms. The summed E-state index contributed by atoms with van der Waals surface area (Å²) in [5.41, 5.74) is 0. The first-order chi connectivity index (χ1) is 11.2. The van der Waals surface area contributed by atoms with Gasteiger partial charge in [-0.25, -0.2) is 0 Å². The van der Waals surface area contributed by atoms with E-state index in [1.165, 1.54) is 32.1 Å². The van der Waals surface area contributed by atoms with E-state index in [1.54, 1.807) is 12.0 Å². The quantitative estimate of drug-likeness (QED) is 0.759. The molecule has 1 atom stereocenters. The van der Waals surface area contributed by atoms with Gasteiger partial charge in [0.2, 0.25) is 11.8 Å². The normalized spacial score (nSPS) is 23.6. The van der Waals surface area contributed by atoms with Gasteiger partial charge in [0.25, 0.3) is 0 Å². The summed E-state index contributed by atoms with van der Waals surface area (Å²) in [7, 11) is 1.63. The standard InChI is InChI=1S/C17H31N3O3/c1-23-12-11-20-14-15(13-17(20)22)18-16(21)7-10-19-8-5-3-2-4-6-9-19/h15H,2-14H2,1H3,(H,18,21)/t15-/m1/s1. The molecule has 6 nitrogen and oxygen atoms in total. The van der Waals surface area contributed by atoms with Crippen LogP contribution in [0.3, 0.4) is 0 Å². The van der Waals surface area contributed by atoms with Gasteiger partial charge in [-0.3, -0.25) is 9.59 Å². The van der Waals surface area contributed by atoms with Crippen molar-refractivity contribution < 1.29 is 14.3 Å². The molecule has 23 heavy (non-hydrogen) atoms. The zero-order valence-corrected chi connectivity index (χ0v) is 14.4. The Morgan fingerprint density at radius 3 is 2.57 bits per heavy atom. The van der Waals surface area contributed by atoms with Gasteiger partial charge in [-0.05, 0) is 25.9 Å². The number of amides is 2. The second kappa shape index (κ2) is 9.88. The highest BCUT2D eigenvalue weighted by Crippen LogP contribution is 2.12. The number of nitrogens with zero attached hydrogens (tertiary/aromatic N) is 2. The van der Waals surface area contributed by atoms with Crippen LogP contribution in [-0.2, 0) is 14.3 Å². The molecule has 2 heterocycles. The number of carbonyl (C=O) groups excluding carboxylic acids is 2. The number of rotatable bonds is 7. The third kappa shape index (κ3) is 6.47. The maximum absolute atomic E-state index is 12.1. The molecule has 0 aromatic rings. The zero-order valence-electron chi connectivity index (χ0n) is 14.4. The molecule has 0 unspecified atom stereocenters. The van der Waals surface area contributed by atoms with Gasteiger partial charge in [0, 0.05) is 39.6 Å². The first-order valence-corrected chi connectivity index (χ1v) is 8.97. The molecule has 2 saturated heterocycles. The average molecular weight is 325 g/mol. The summed E-state index contributed by atoms with van der Waals surface area (Å²) in [4.78, 5) is 28.2. The third-order valence-electron chi connectivity index (χ3n) is 4.75. The van der Waals surface area contributed by atoms with Gasteiger partial charge in [-0.2, -0.15) is 0 Å². The Morgan fingerprint density at radius 2 is 1.87 bits per heavy atom. The van der Waals surface area contributed by atoms with E-state index in [2.05, 4.69) is 10.2 Å². The van der Waals surface area contributed by atoms with Crippen LogP contribution in [0, 0.1) is 0 Å². The Balaban J connectivity index is 1.65. The Bertz CT molecular complexity index is 381. The molecule has 0 radical (unpaired) electrons. The van der Waals surface area contributed by atoms with Crippen LogP contribution in [0.15, 0.2) is 0 Å². The van der Waals surface area contributed by atoms with E-state index in [1.807, 2.05) is 0 Å². The van der Waals surface area contributed by atoms with E-state index < -0.39 is 0 Å². The molecular formula is C17H31N3O3. The third-order valence-corrected chi connectivity index (χ3v) is 4.75. The van der Waals surface area contributed by atoms with Gasteiger partial charge in [-0.1, -0.05) is 19.3 Å². The minimum absolute atomic E-state index is 0.0424. The highest BCUT2D eigenvalue weighted by molar-refractivity contribution is 5.82. The molecule has 2 rings (SSSR count). The van der Waals surface area contributed by atoms with Crippen LogP contribution in [-0.4, -0.2) is 74.1 Å². The van der Waals surface area contributed by atoms with Gasteiger partial charge in [-0.15, -0.1) is 0 Å². The second-order valence-electron chi connectivity index (χ2n) is 6.66. The maximum atomic E-state index is 12.1. The van der Waals surface area contributed by atoms with Crippen molar-refractivity contribution in [3.63, 3.8) is 0 Å². The molecule has 0 aromatic heterocycles. The highest BCUT2D eigenvalue weighted by Gasteiger charge is 2.30. The van der Waals surface area contributed by atoms with Crippen molar-refractivity contribution in [2.75, 3.05) is 46.4 Å². The van der Waals surface area contributed by atoms with Gasteiger partial charge in [0.15, 0.2) is 0 Å². The smallest absolute Gasteiger partial charge is 0.224 e. The van der Waals surface area contributed by atoms with Crippen LogP contribution in [0.25, 0.3) is 0 Å². The fraction of sp³-hybridized carbons (Fsp3) is 0.882. The van der Waals surface area contributed by atoms with Crippen LogP contribution in [0.2, 0.25) is 0 Å². The van der Waals surface area contributed by atoms with Crippen molar-refractivity contribution in [2.24, 2.45) is 0 Å². The predicted molar refractivity (Wildman–Crippen MR) is 89.1 cm³/mol. The molecular weight excluding hydrogens is 294 g/mol. The van der Waals surface area contributed by atoms with E-state index in [4.69, 9.17) is 4.74 Å².